The van der Waals surface area contributed by atoms with Crippen LogP contribution >= 0.6 is 24.8 Å². The van der Waals surface area contributed by atoms with E-state index in [1.54, 1.807) is 0 Å². The van der Waals surface area contributed by atoms with Gasteiger partial charge in [-0.3, -0.25) is 4.90 Å². The molecule has 7 heteroatoms. The fourth-order valence-electron chi connectivity index (χ4n) is 4.33. The van der Waals surface area contributed by atoms with Gasteiger partial charge in [0.15, 0.2) is 11.5 Å². The van der Waals surface area contributed by atoms with Crippen LogP contribution < -0.4 is 14.4 Å². The first-order chi connectivity index (χ1) is 13.4. The van der Waals surface area contributed by atoms with Gasteiger partial charge in [-0.1, -0.05) is 24.3 Å². The van der Waals surface area contributed by atoms with E-state index in [-0.39, 0.29) is 30.9 Å². The summed E-state index contributed by atoms with van der Waals surface area (Å²) in [7, 11) is 0. The zero-order valence-electron chi connectivity index (χ0n) is 16.4. The third kappa shape index (κ3) is 4.75. The molecule has 5 nitrogen and oxygen atoms in total. The van der Waals surface area contributed by atoms with Crippen LogP contribution in [0.15, 0.2) is 42.5 Å². The van der Waals surface area contributed by atoms with E-state index in [9.17, 15) is 0 Å². The van der Waals surface area contributed by atoms with Gasteiger partial charge in [0.1, 0.15) is 0 Å². The van der Waals surface area contributed by atoms with Crippen molar-refractivity contribution in [1.82, 2.24) is 4.90 Å². The van der Waals surface area contributed by atoms with Gasteiger partial charge in [0.05, 0.1) is 12.7 Å². The smallest absolute Gasteiger partial charge is 0.231 e. The molecule has 0 radical (unpaired) electrons. The standard InChI is InChI=1S/C22H26N2O3.2ClH/c1-2-4-19-17(3-1)8-14-25-20(19)7-9-23-10-12-24(13-11-23)18-5-6-21-22(15-18)27-16-26-21;;/h1-6,15,20H,7-14,16H2;2*1H. The number of rotatable bonds is 4. The van der Waals surface area contributed by atoms with Crippen LogP contribution in [-0.4, -0.2) is 51.0 Å². The van der Waals surface area contributed by atoms with Crippen LogP contribution in [0.3, 0.4) is 0 Å². The van der Waals surface area contributed by atoms with Gasteiger partial charge in [0.2, 0.25) is 6.79 Å². The molecule has 3 aliphatic heterocycles. The molecule has 1 atom stereocenters. The summed E-state index contributed by atoms with van der Waals surface area (Å²) in [6, 6.07) is 15.0. The Hall–Kier alpha value is -1.66. The molecular weight excluding hydrogens is 411 g/mol. The quantitative estimate of drug-likeness (QED) is 0.717. The van der Waals surface area contributed by atoms with Crippen LogP contribution in [0.4, 0.5) is 5.69 Å². The van der Waals surface area contributed by atoms with E-state index in [4.69, 9.17) is 14.2 Å². The van der Waals surface area contributed by atoms with Gasteiger partial charge in [0, 0.05) is 44.5 Å². The summed E-state index contributed by atoms with van der Waals surface area (Å²) in [4.78, 5) is 4.99. The molecular formula is C22H28Cl2N2O3. The van der Waals surface area contributed by atoms with Crippen molar-refractivity contribution in [2.45, 2.75) is 18.9 Å². The lowest BCUT2D eigenvalue weighted by Gasteiger charge is -2.37. The van der Waals surface area contributed by atoms with Crippen molar-refractivity contribution in [3.05, 3.63) is 53.6 Å². The summed E-state index contributed by atoms with van der Waals surface area (Å²) < 4.78 is 17.0. The molecule has 5 rings (SSSR count). The van der Waals surface area contributed by atoms with Crippen LogP contribution in [0.1, 0.15) is 23.7 Å². The summed E-state index contributed by atoms with van der Waals surface area (Å²) in [5.41, 5.74) is 4.08. The van der Waals surface area contributed by atoms with Gasteiger partial charge in [-0.05, 0) is 36.1 Å². The van der Waals surface area contributed by atoms with E-state index in [1.165, 1.54) is 16.8 Å². The van der Waals surface area contributed by atoms with Gasteiger partial charge < -0.3 is 19.1 Å². The fraction of sp³-hybridized carbons (Fsp3) is 0.455. The molecule has 0 saturated carbocycles. The maximum atomic E-state index is 6.07. The number of hydrogen-bond donors (Lipinski definition) is 0. The molecule has 3 aliphatic rings. The summed E-state index contributed by atoms with van der Waals surface area (Å²) >= 11 is 0. The van der Waals surface area contributed by atoms with Crippen LogP contribution in [-0.2, 0) is 11.2 Å². The highest BCUT2D eigenvalue weighted by Gasteiger charge is 2.23. The molecule has 0 spiro atoms. The topological polar surface area (TPSA) is 34.2 Å². The summed E-state index contributed by atoms with van der Waals surface area (Å²) in [6.07, 6.45) is 2.36. The van der Waals surface area contributed by atoms with Crippen LogP contribution in [0, 0.1) is 0 Å². The number of halogens is 2. The molecule has 0 N–H and O–H groups in total. The third-order valence-corrected chi connectivity index (χ3v) is 5.89. The predicted octanol–water partition coefficient (Wildman–Crippen LogP) is 4.09. The zero-order chi connectivity index (χ0) is 18.1. The van der Waals surface area contributed by atoms with Gasteiger partial charge in [-0.15, -0.1) is 24.8 Å². The van der Waals surface area contributed by atoms with E-state index in [1.807, 2.05) is 6.07 Å². The maximum Gasteiger partial charge on any atom is 0.231 e. The predicted molar refractivity (Wildman–Crippen MR) is 119 cm³/mol. The SMILES string of the molecule is Cl.Cl.c1ccc2c(c1)CCOC2CCN1CCN(c2ccc3c(c2)OCO3)CC1. The lowest BCUT2D eigenvalue weighted by atomic mass is 9.95. The van der Waals surface area contributed by atoms with Crippen LogP contribution in [0.25, 0.3) is 0 Å². The molecule has 2 aromatic rings. The molecule has 158 valence electrons. The Labute approximate surface area is 184 Å². The van der Waals surface area contributed by atoms with Gasteiger partial charge in [0.25, 0.3) is 0 Å². The van der Waals surface area contributed by atoms with Crippen LogP contribution in [0.2, 0.25) is 0 Å². The molecule has 0 aliphatic carbocycles. The highest BCUT2D eigenvalue weighted by atomic mass is 35.5. The fourth-order valence-corrected chi connectivity index (χ4v) is 4.33. The second-order valence-electron chi connectivity index (χ2n) is 7.46. The monoisotopic (exact) mass is 438 g/mol. The average molecular weight is 439 g/mol. The normalized spacial score (nSPS) is 20.4. The summed E-state index contributed by atoms with van der Waals surface area (Å²) in [5, 5.41) is 0. The number of ether oxygens (including phenoxy) is 3. The largest absolute Gasteiger partial charge is 0.454 e. The lowest BCUT2D eigenvalue weighted by Crippen LogP contribution is -2.46. The number of anilines is 1. The lowest BCUT2D eigenvalue weighted by molar-refractivity contribution is 0.0289. The number of fused-ring (bicyclic) bond motifs is 2. The first-order valence-electron chi connectivity index (χ1n) is 9.93. The summed E-state index contributed by atoms with van der Waals surface area (Å²) in [5.74, 6) is 1.72. The van der Waals surface area contributed by atoms with E-state index >= 15 is 0 Å². The molecule has 29 heavy (non-hydrogen) atoms. The zero-order valence-corrected chi connectivity index (χ0v) is 18.1. The van der Waals surface area contributed by atoms with Crippen LogP contribution in [0.5, 0.6) is 11.5 Å². The van der Waals surface area contributed by atoms with Crippen molar-refractivity contribution in [3.8, 4) is 11.5 Å². The van der Waals surface area contributed by atoms with Crippen molar-refractivity contribution in [1.29, 1.82) is 0 Å². The highest BCUT2D eigenvalue weighted by Crippen LogP contribution is 2.36. The van der Waals surface area contributed by atoms with E-state index in [2.05, 4.69) is 46.2 Å². The Morgan fingerprint density at radius 1 is 0.897 bits per heavy atom. The average Bonchev–Trinajstić information content (AvgIpc) is 3.20. The minimum atomic E-state index is 0. The minimum Gasteiger partial charge on any atom is -0.454 e. The Kier molecular flexibility index (Phi) is 7.52. The molecule has 3 heterocycles. The second-order valence-corrected chi connectivity index (χ2v) is 7.46. The van der Waals surface area contributed by atoms with Gasteiger partial charge >= 0.3 is 0 Å². The first kappa shape index (κ1) is 22.0. The molecule has 0 aromatic heterocycles. The second kappa shape index (κ2) is 9.90. The van der Waals surface area contributed by atoms with Crippen molar-refractivity contribution < 1.29 is 14.2 Å². The van der Waals surface area contributed by atoms with Crippen molar-refractivity contribution in [2.75, 3.05) is 51.0 Å². The number of benzene rings is 2. The van der Waals surface area contributed by atoms with E-state index in [0.29, 0.717) is 6.79 Å². The highest BCUT2D eigenvalue weighted by molar-refractivity contribution is 5.85. The minimum absolute atomic E-state index is 0. The maximum absolute atomic E-state index is 6.07. The van der Waals surface area contributed by atoms with Gasteiger partial charge in [-0.2, -0.15) is 0 Å². The molecule has 1 unspecified atom stereocenters. The van der Waals surface area contributed by atoms with Gasteiger partial charge in [-0.25, -0.2) is 0 Å². The Morgan fingerprint density at radius 2 is 1.69 bits per heavy atom. The Morgan fingerprint density at radius 3 is 2.55 bits per heavy atom. The molecule has 2 aromatic carbocycles. The van der Waals surface area contributed by atoms with E-state index < -0.39 is 0 Å². The number of nitrogens with zero attached hydrogens (tertiary/aromatic N) is 2. The molecule has 1 saturated heterocycles. The Balaban J connectivity index is 0.00000120. The Bertz CT molecular complexity index is 812. The van der Waals surface area contributed by atoms with Crippen molar-refractivity contribution in [2.24, 2.45) is 0 Å². The molecule has 0 amide bonds. The van der Waals surface area contributed by atoms with E-state index in [0.717, 1.165) is 63.7 Å². The third-order valence-electron chi connectivity index (χ3n) is 5.89. The number of piperazine rings is 1. The molecule has 0 bridgehead atoms. The number of hydrogen-bond acceptors (Lipinski definition) is 5. The van der Waals surface area contributed by atoms with Crippen molar-refractivity contribution >= 4 is 30.5 Å². The molecule has 1 fully saturated rings. The first-order valence-corrected chi connectivity index (χ1v) is 9.93. The van der Waals surface area contributed by atoms with Crippen molar-refractivity contribution in [3.63, 3.8) is 0 Å². The summed E-state index contributed by atoms with van der Waals surface area (Å²) in [6.45, 7) is 6.53.